The second-order valence-electron chi connectivity index (χ2n) is 7.47. The average Bonchev–Trinajstić information content (AvgIpc) is 3.30. The monoisotopic (exact) mass is 488 g/mol. The predicted molar refractivity (Wildman–Crippen MR) is 127 cm³/mol. The number of halogens is 1. The maximum atomic E-state index is 12.9. The highest BCUT2D eigenvalue weighted by Gasteiger charge is 2.19. The molecule has 0 saturated carbocycles. The molecule has 10 heteroatoms. The minimum absolute atomic E-state index is 0.0304. The summed E-state index contributed by atoms with van der Waals surface area (Å²) in [5.74, 6) is -0.210. The number of primary sulfonamides is 1. The zero-order valence-corrected chi connectivity index (χ0v) is 19.8. The molecule has 4 aromatic rings. The topological polar surface area (TPSA) is 107 Å². The Morgan fingerprint density at radius 3 is 2.56 bits per heavy atom. The van der Waals surface area contributed by atoms with Crippen LogP contribution in [-0.4, -0.2) is 24.1 Å². The van der Waals surface area contributed by atoms with Gasteiger partial charge in [0.05, 0.1) is 28.1 Å². The third kappa shape index (κ3) is 4.56. The molecule has 0 bridgehead atoms. The molecular weight excluding hydrogens is 468 g/mol. The van der Waals surface area contributed by atoms with Gasteiger partial charge < -0.3 is 5.32 Å². The molecule has 0 aliphatic heterocycles. The molecule has 7 nitrogen and oxygen atoms in total. The number of carbonyl (C=O) groups is 1. The Morgan fingerprint density at radius 1 is 1.22 bits per heavy atom. The highest BCUT2D eigenvalue weighted by molar-refractivity contribution is 7.89. The van der Waals surface area contributed by atoms with Gasteiger partial charge in [-0.1, -0.05) is 41.9 Å². The molecule has 0 fully saturated rings. The van der Waals surface area contributed by atoms with Crippen LogP contribution in [-0.2, 0) is 16.6 Å². The Morgan fingerprint density at radius 2 is 1.91 bits per heavy atom. The van der Waals surface area contributed by atoms with Crippen LogP contribution in [0.1, 0.15) is 39.5 Å². The lowest BCUT2D eigenvalue weighted by Gasteiger charge is -2.14. The number of amides is 1. The number of hydrogen-bond acceptors (Lipinski definition) is 5. The van der Waals surface area contributed by atoms with Crippen molar-refractivity contribution >= 4 is 49.1 Å². The van der Waals surface area contributed by atoms with Crippen molar-refractivity contribution in [3.05, 3.63) is 81.3 Å². The van der Waals surface area contributed by atoms with Crippen LogP contribution >= 0.6 is 22.9 Å². The summed E-state index contributed by atoms with van der Waals surface area (Å²) in [4.78, 5) is 14.4. The van der Waals surface area contributed by atoms with E-state index < -0.39 is 10.0 Å². The second-order valence-corrected chi connectivity index (χ2v) is 10.5. The fourth-order valence-corrected chi connectivity index (χ4v) is 5.19. The van der Waals surface area contributed by atoms with E-state index in [4.69, 9.17) is 16.7 Å². The number of nitrogens with zero attached hydrogens (tertiary/aromatic N) is 2. The minimum Gasteiger partial charge on any atom is -0.345 e. The SMILES string of the molecule is Cc1nn(Cc2ccccc2Cl)c2sc(C(=O)N[C@H](C)c3ccc(S(N)(=O)=O)cc3)cc12. The van der Waals surface area contributed by atoms with Crippen LogP contribution in [0.15, 0.2) is 59.5 Å². The summed E-state index contributed by atoms with van der Waals surface area (Å²) in [6.07, 6.45) is 0. The third-order valence-corrected chi connectivity index (χ3v) is 7.61. The van der Waals surface area contributed by atoms with Crippen LogP contribution < -0.4 is 10.5 Å². The molecule has 32 heavy (non-hydrogen) atoms. The highest BCUT2D eigenvalue weighted by atomic mass is 35.5. The zero-order chi connectivity index (χ0) is 23.0. The summed E-state index contributed by atoms with van der Waals surface area (Å²) in [5, 5.41) is 14.3. The van der Waals surface area contributed by atoms with Crippen LogP contribution in [0.5, 0.6) is 0 Å². The van der Waals surface area contributed by atoms with Gasteiger partial charge in [-0.2, -0.15) is 5.10 Å². The van der Waals surface area contributed by atoms with Crippen molar-refractivity contribution in [2.45, 2.75) is 31.3 Å². The lowest BCUT2D eigenvalue weighted by atomic mass is 10.1. The molecule has 166 valence electrons. The largest absolute Gasteiger partial charge is 0.345 e. The van der Waals surface area contributed by atoms with Gasteiger partial charge in [0.2, 0.25) is 10.0 Å². The molecule has 1 amide bonds. The molecule has 2 aromatic heterocycles. The predicted octanol–water partition coefficient (Wildman–Crippen LogP) is 4.25. The number of aromatic nitrogens is 2. The van der Waals surface area contributed by atoms with Crippen LogP contribution in [0.4, 0.5) is 0 Å². The van der Waals surface area contributed by atoms with Crippen molar-refractivity contribution < 1.29 is 13.2 Å². The first-order chi connectivity index (χ1) is 15.1. The van der Waals surface area contributed by atoms with E-state index >= 15 is 0 Å². The Balaban J connectivity index is 1.54. The number of hydrogen-bond donors (Lipinski definition) is 2. The van der Waals surface area contributed by atoms with E-state index in [1.165, 1.54) is 23.5 Å². The number of nitrogens with two attached hydrogens (primary N) is 1. The standard InChI is InChI=1S/C22H21ClN4O3S2/c1-13(15-7-9-17(10-8-15)32(24,29)30)25-21(28)20-11-18-14(2)26-27(22(18)31-20)12-16-5-3-4-6-19(16)23/h3-11,13H,12H2,1-2H3,(H,25,28)(H2,24,29,30)/t13-/m1/s1. The first kappa shape index (κ1) is 22.5. The fourth-order valence-electron chi connectivity index (χ4n) is 3.42. The molecule has 0 aliphatic rings. The zero-order valence-electron chi connectivity index (χ0n) is 17.4. The van der Waals surface area contributed by atoms with E-state index in [0.717, 1.165) is 27.0 Å². The molecule has 0 unspecified atom stereocenters. The normalized spacial score (nSPS) is 12.8. The third-order valence-electron chi connectivity index (χ3n) is 5.17. The molecule has 0 radical (unpaired) electrons. The van der Waals surface area contributed by atoms with E-state index in [2.05, 4.69) is 10.4 Å². The molecule has 0 spiro atoms. The number of fused-ring (bicyclic) bond motifs is 1. The number of benzene rings is 2. The number of nitrogens with one attached hydrogen (secondary N) is 1. The van der Waals surface area contributed by atoms with Gasteiger partial charge in [0.1, 0.15) is 4.83 Å². The van der Waals surface area contributed by atoms with Crippen LogP contribution in [0.2, 0.25) is 5.02 Å². The molecular formula is C22H21ClN4O3S2. The van der Waals surface area contributed by atoms with Crippen LogP contribution in [0.3, 0.4) is 0 Å². The van der Waals surface area contributed by atoms with Gasteiger partial charge in [0.25, 0.3) is 5.91 Å². The van der Waals surface area contributed by atoms with Crippen LogP contribution in [0, 0.1) is 6.92 Å². The molecule has 0 saturated heterocycles. The molecule has 2 heterocycles. The second kappa shape index (κ2) is 8.67. The van der Waals surface area contributed by atoms with E-state index in [0.29, 0.717) is 16.4 Å². The average molecular weight is 489 g/mol. The molecule has 4 rings (SSSR count). The van der Waals surface area contributed by atoms with E-state index in [1.807, 2.05) is 48.9 Å². The number of aryl methyl sites for hydroxylation is 1. The summed E-state index contributed by atoms with van der Waals surface area (Å²) in [6.45, 7) is 4.26. The highest BCUT2D eigenvalue weighted by Crippen LogP contribution is 2.30. The van der Waals surface area contributed by atoms with Crippen molar-refractivity contribution in [2.75, 3.05) is 0 Å². The van der Waals surface area contributed by atoms with Crippen molar-refractivity contribution in [3.8, 4) is 0 Å². The summed E-state index contributed by atoms with van der Waals surface area (Å²) in [7, 11) is -3.76. The fraction of sp³-hybridized carbons (Fsp3) is 0.182. The van der Waals surface area contributed by atoms with Crippen molar-refractivity contribution in [2.24, 2.45) is 5.14 Å². The smallest absolute Gasteiger partial charge is 0.261 e. The first-order valence-electron chi connectivity index (χ1n) is 9.77. The van der Waals surface area contributed by atoms with E-state index in [9.17, 15) is 13.2 Å². The van der Waals surface area contributed by atoms with Gasteiger partial charge in [-0.15, -0.1) is 11.3 Å². The number of thiophene rings is 1. The Bertz CT molecular complexity index is 1410. The van der Waals surface area contributed by atoms with Gasteiger partial charge in [-0.3, -0.25) is 9.48 Å². The van der Waals surface area contributed by atoms with Crippen LogP contribution in [0.25, 0.3) is 10.2 Å². The van der Waals surface area contributed by atoms with E-state index in [-0.39, 0.29) is 16.8 Å². The Hall–Kier alpha value is -2.72. The number of carbonyl (C=O) groups excluding carboxylic acids is 1. The first-order valence-corrected chi connectivity index (χ1v) is 12.5. The summed E-state index contributed by atoms with van der Waals surface area (Å²) in [6, 6.07) is 15.3. The summed E-state index contributed by atoms with van der Waals surface area (Å²) >= 11 is 7.67. The number of sulfonamides is 1. The van der Waals surface area contributed by atoms with Crippen molar-refractivity contribution in [1.29, 1.82) is 0 Å². The lowest BCUT2D eigenvalue weighted by molar-refractivity contribution is 0.0944. The maximum Gasteiger partial charge on any atom is 0.261 e. The summed E-state index contributed by atoms with van der Waals surface area (Å²) < 4.78 is 24.7. The lowest BCUT2D eigenvalue weighted by Crippen LogP contribution is -2.26. The molecule has 0 aliphatic carbocycles. The van der Waals surface area contributed by atoms with Gasteiger partial charge in [0.15, 0.2) is 0 Å². The molecule has 2 aromatic carbocycles. The van der Waals surface area contributed by atoms with Crippen molar-refractivity contribution in [3.63, 3.8) is 0 Å². The van der Waals surface area contributed by atoms with Gasteiger partial charge in [-0.25, -0.2) is 13.6 Å². The maximum absolute atomic E-state index is 12.9. The summed E-state index contributed by atoms with van der Waals surface area (Å²) in [5.41, 5.74) is 2.57. The molecule has 3 N–H and O–H groups in total. The van der Waals surface area contributed by atoms with E-state index in [1.54, 1.807) is 12.1 Å². The van der Waals surface area contributed by atoms with Gasteiger partial charge >= 0.3 is 0 Å². The number of rotatable bonds is 6. The van der Waals surface area contributed by atoms with Gasteiger partial charge in [-0.05, 0) is 49.2 Å². The van der Waals surface area contributed by atoms with Gasteiger partial charge in [0, 0.05) is 10.4 Å². The minimum atomic E-state index is -3.76. The Labute approximate surface area is 194 Å². The quantitative estimate of drug-likeness (QED) is 0.423. The van der Waals surface area contributed by atoms with Crippen molar-refractivity contribution in [1.82, 2.24) is 15.1 Å². The molecule has 1 atom stereocenters. The Kier molecular flexibility index (Phi) is 6.09.